The lowest BCUT2D eigenvalue weighted by atomic mass is 10.2. The maximum absolute atomic E-state index is 12.4. The number of para-hydroxylation sites is 1. The van der Waals surface area contributed by atoms with Crippen LogP contribution in [-0.2, 0) is 18.4 Å². The molecule has 4 rings (SSSR count). The van der Waals surface area contributed by atoms with Crippen molar-refractivity contribution in [3.63, 3.8) is 0 Å². The van der Waals surface area contributed by atoms with Crippen molar-refractivity contribution in [3.8, 4) is 11.3 Å². The summed E-state index contributed by atoms with van der Waals surface area (Å²) in [5, 5.41) is 0.868. The number of esters is 1. The van der Waals surface area contributed by atoms with E-state index in [9.17, 15) is 4.79 Å². The van der Waals surface area contributed by atoms with Crippen LogP contribution in [0.25, 0.3) is 22.2 Å². The number of oxazole rings is 1. The number of hydrogen-bond acceptors (Lipinski definition) is 4. The van der Waals surface area contributed by atoms with Crippen LogP contribution in [0.2, 0.25) is 0 Å². The second kappa shape index (κ2) is 6.28. The first kappa shape index (κ1) is 15.2. The van der Waals surface area contributed by atoms with Gasteiger partial charge >= 0.3 is 5.97 Å². The van der Waals surface area contributed by atoms with Crippen LogP contribution in [-0.4, -0.2) is 15.5 Å². The minimum absolute atomic E-state index is 0.00507. The summed E-state index contributed by atoms with van der Waals surface area (Å²) in [5.41, 5.74) is 2.45. The number of carbonyl (C=O) groups excluding carboxylic acids is 1. The number of hydrogen-bond donors (Lipinski definition) is 0. The van der Waals surface area contributed by atoms with Gasteiger partial charge in [-0.2, -0.15) is 0 Å². The predicted octanol–water partition coefficient (Wildman–Crippen LogP) is 4.19. The first-order valence-corrected chi connectivity index (χ1v) is 7.93. The van der Waals surface area contributed by atoms with E-state index in [1.807, 2.05) is 66.2 Å². The lowest BCUT2D eigenvalue weighted by Gasteiger charge is -2.01. The molecular weight excluding hydrogens is 316 g/mol. The molecule has 0 N–H and O–H groups in total. The zero-order valence-electron chi connectivity index (χ0n) is 13.7. The van der Waals surface area contributed by atoms with Crippen LogP contribution < -0.4 is 0 Å². The Balaban J connectivity index is 1.50. The number of aromatic nitrogens is 2. The standard InChI is InChI=1S/C20H16N2O3/c1-22-12-16(15-9-5-6-10-17(15)22)20(23)24-13-19-21-11-18(25-19)14-7-3-2-4-8-14/h2-12H,13H2,1H3. The molecular formula is C20H16N2O3. The Kier molecular flexibility index (Phi) is 3.82. The first-order chi connectivity index (χ1) is 12.2. The largest absolute Gasteiger partial charge is 0.452 e. The molecule has 4 aromatic rings. The summed E-state index contributed by atoms with van der Waals surface area (Å²) >= 11 is 0. The summed E-state index contributed by atoms with van der Waals surface area (Å²) < 4.78 is 12.9. The van der Waals surface area contributed by atoms with Gasteiger partial charge in [-0.1, -0.05) is 48.5 Å². The zero-order chi connectivity index (χ0) is 17.2. The van der Waals surface area contributed by atoms with Gasteiger partial charge < -0.3 is 13.7 Å². The van der Waals surface area contributed by atoms with E-state index >= 15 is 0 Å². The van der Waals surface area contributed by atoms with Gasteiger partial charge in [0.05, 0.1) is 11.8 Å². The van der Waals surface area contributed by atoms with Crippen LogP contribution >= 0.6 is 0 Å². The average molecular weight is 332 g/mol. The number of ether oxygens (including phenoxy) is 1. The maximum Gasteiger partial charge on any atom is 0.340 e. The summed E-state index contributed by atoms with van der Waals surface area (Å²) in [4.78, 5) is 16.6. The highest BCUT2D eigenvalue weighted by Crippen LogP contribution is 2.23. The van der Waals surface area contributed by atoms with E-state index in [2.05, 4.69) is 4.98 Å². The lowest BCUT2D eigenvalue weighted by molar-refractivity contribution is 0.0441. The maximum atomic E-state index is 12.4. The molecule has 0 unspecified atom stereocenters. The van der Waals surface area contributed by atoms with Gasteiger partial charge in [0, 0.05) is 29.7 Å². The van der Waals surface area contributed by atoms with Crippen molar-refractivity contribution in [2.24, 2.45) is 7.05 Å². The summed E-state index contributed by atoms with van der Waals surface area (Å²) in [6.45, 7) is -0.00507. The van der Waals surface area contributed by atoms with Gasteiger partial charge in [0.1, 0.15) is 0 Å². The molecule has 0 fully saturated rings. The Labute approximate surface area is 144 Å². The molecule has 5 heteroatoms. The van der Waals surface area contributed by atoms with Gasteiger partial charge in [0.25, 0.3) is 0 Å². The molecule has 5 nitrogen and oxygen atoms in total. The van der Waals surface area contributed by atoms with E-state index in [1.165, 1.54) is 0 Å². The van der Waals surface area contributed by atoms with Crippen LogP contribution in [0.5, 0.6) is 0 Å². The Morgan fingerprint density at radius 1 is 1.12 bits per heavy atom. The molecule has 0 radical (unpaired) electrons. The van der Waals surface area contributed by atoms with E-state index in [4.69, 9.17) is 9.15 Å². The monoisotopic (exact) mass is 332 g/mol. The highest BCUT2D eigenvalue weighted by molar-refractivity contribution is 6.04. The van der Waals surface area contributed by atoms with E-state index < -0.39 is 5.97 Å². The molecule has 0 atom stereocenters. The van der Waals surface area contributed by atoms with Gasteiger partial charge in [0.15, 0.2) is 12.4 Å². The molecule has 2 aromatic heterocycles. The quantitative estimate of drug-likeness (QED) is 0.526. The molecule has 0 amide bonds. The zero-order valence-corrected chi connectivity index (χ0v) is 13.7. The summed E-state index contributed by atoms with van der Waals surface area (Å²) in [7, 11) is 1.90. The van der Waals surface area contributed by atoms with Crippen molar-refractivity contribution in [1.29, 1.82) is 0 Å². The lowest BCUT2D eigenvalue weighted by Crippen LogP contribution is -2.04. The van der Waals surface area contributed by atoms with Crippen LogP contribution in [0.4, 0.5) is 0 Å². The van der Waals surface area contributed by atoms with Crippen LogP contribution in [0, 0.1) is 0 Å². The number of nitrogens with zero attached hydrogens (tertiary/aromatic N) is 2. The van der Waals surface area contributed by atoms with Crippen LogP contribution in [0.15, 0.2) is 71.4 Å². The fourth-order valence-corrected chi connectivity index (χ4v) is 2.82. The molecule has 25 heavy (non-hydrogen) atoms. The average Bonchev–Trinajstić information content (AvgIpc) is 3.26. The van der Waals surface area contributed by atoms with Crippen molar-refractivity contribution < 1.29 is 13.9 Å². The molecule has 0 aliphatic heterocycles. The van der Waals surface area contributed by atoms with Crippen molar-refractivity contribution >= 4 is 16.9 Å². The fraction of sp³-hybridized carbons (Fsp3) is 0.100. The van der Waals surface area contributed by atoms with E-state index in [0.29, 0.717) is 17.2 Å². The summed E-state index contributed by atoms with van der Waals surface area (Å²) in [6.07, 6.45) is 3.41. The highest BCUT2D eigenvalue weighted by Gasteiger charge is 2.16. The number of carbonyl (C=O) groups is 1. The van der Waals surface area contributed by atoms with Crippen molar-refractivity contribution in [3.05, 3.63) is 78.4 Å². The predicted molar refractivity (Wildman–Crippen MR) is 94.0 cm³/mol. The minimum atomic E-state index is -0.392. The third-order valence-corrected chi connectivity index (χ3v) is 4.06. The van der Waals surface area contributed by atoms with Gasteiger partial charge in [-0.05, 0) is 6.07 Å². The third kappa shape index (κ3) is 2.92. The molecule has 2 aromatic carbocycles. The molecule has 2 heterocycles. The molecule has 0 saturated carbocycles. The van der Waals surface area contributed by atoms with Gasteiger partial charge in [0.2, 0.25) is 5.89 Å². The number of rotatable bonds is 4. The van der Waals surface area contributed by atoms with Crippen LogP contribution in [0.1, 0.15) is 16.2 Å². The molecule has 0 aliphatic rings. The van der Waals surface area contributed by atoms with Crippen molar-refractivity contribution in [1.82, 2.24) is 9.55 Å². The number of aryl methyl sites for hydroxylation is 1. The highest BCUT2D eigenvalue weighted by atomic mass is 16.5. The number of benzene rings is 2. The van der Waals surface area contributed by atoms with Gasteiger partial charge in [-0.15, -0.1) is 0 Å². The molecule has 0 aliphatic carbocycles. The SMILES string of the molecule is Cn1cc(C(=O)OCc2ncc(-c3ccccc3)o2)c2ccccc21. The smallest absolute Gasteiger partial charge is 0.340 e. The Bertz CT molecular complexity index is 1030. The van der Waals surface area contributed by atoms with E-state index in [1.54, 1.807) is 12.4 Å². The molecule has 124 valence electrons. The van der Waals surface area contributed by atoms with Crippen LogP contribution in [0.3, 0.4) is 0 Å². The second-order valence-corrected chi connectivity index (χ2v) is 5.73. The van der Waals surface area contributed by atoms with Crippen molar-refractivity contribution in [2.75, 3.05) is 0 Å². The topological polar surface area (TPSA) is 57.3 Å². The Morgan fingerprint density at radius 3 is 2.72 bits per heavy atom. The summed E-state index contributed by atoms with van der Waals surface area (Å²) in [5.74, 6) is 0.625. The third-order valence-electron chi connectivity index (χ3n) is 4.06. The van der Waals surface area contributed by atoms with E-state index in [-0.39, 0.29) is 6.61 Å². The second-order valence-electron chi connectivity index (χ2n) is 5.73. The van der Waals surface area contributed by atoms with Gasteiger partial charge in [-0.25, -0.2) is 9.78 Å². The van der Waals surface area contributed by atoms with Gasteiger partial charge in [-0.3, -0.25) is 0 Å². The number of fused-ring (bicyclic) bond motifs is 1. The first-order valence-electron chi connectivity index (χ1n) is 7.93. The molecule has 0 saturated heterocycles. The summed E-state index contributed by atoms with van der Waals surface area (Å²) in [6, 6.07) is 17.4. The molecule has 0 bridgehead atoms. The Morgan fingerprint density at radius 2 is 1.88 bits per heavy atom. The van der Waals surface area contributed by atoms with Crippen molar-refractivity contribution in [2.45, 2.75) is 6.61 Å². The fourth-order valence-electron chi connectivity index (χ4n) is 2.82. The normalized spacial score (nSPS) is 10.9. The minimum Gasteiger partial charge on any atom is -0.452 e. The Hall–Kier alpha value is -3.34. The molecule has 0 spiro atoms. The van der Waals surface area contributed by atoms with E-state index in [0.717, 1.165) is 16.5 Å².